The second-order valence-electron chi connectivity index (χ2n) is 6.48. The van der Waals surface area contributed by atoms with Crippen LogP contribution >= 0.6 is 11.6 Å². The molecule has 2 amide bonds. The summed E-state index contributed by atoms with van der Waals surface area (Å²) in [5, 5.41) is 9.72. The minimum Gasteiger partial charge on any atom is -0.312 e. The average Bonchev–Trinajstić information content (AvgIpc) is 3.21. The zero-order valence-electron chi connectivity index (χ0n) is 13.3. The Balaban J connectivity index is 1.43. The molecular formula is C17H16ClFN4O2. The maximum atomic E-state index is 13.3. The Labute approximate surface area is 148 Å². The van der Waals surface area contributed by atoms with Crippen molar-refractivity contribution in [1.82, 2.24) is 10.2 Å². The average molecular weight is 363 g/mol. The number of hydrogen-bond acceptors (Lipinski definition) is 3. The van der Waals surface area contributed by atoms with Crippen LogP contribution in [-0.4, -0.2) is 28.6 Å². The van der Waals surface area contributed by atoms with Gasteiger partial charge in [0, 0.05) is 36.3 Å². The first-order valence-electron chi connectivity index (χ1n) is 8.13. The summed E-state index contributed by atoms with van der Waals surface area (Å²) in [5.41, 5.74) is 1.52. The van der Waals surface area contributed by atoms with Crippen LogP contribution < -0.4 is 10.2 Å². The number of hydrogen-bond donors (Lipinski definition) is 2. The van der Waals surface area contributed by atoms with Crippen molar-refractivity contribution in [3.8, 4) is 0 Å². The summed E-state index contributed by atoms with van der Waals surface area (Å²) in [4.78, 5) is 26.1. The summed E-state index contributed by atoms with van der Waals surface area (Å²) in [6, 6.07) is 5.92. The molecule has 2 fully saturated rings. The first-order valence-corrected chi connectivity index (χ1v) is 8.50. The second-order valence-corrected chi connectivity index (χ2v) is 6.88. The first-order chi connectivity index (χ1) is 12.0. The Hall–Kier alpha value is -2.41. The van der Waals surface area contributed by atoms with Crippen LogP contribution in [0.25, 0.3) is 0 Å². The standard InChI is InChI=1S/C17H16ClFN4O2/c18-12-6-11(3-4-13(12)19)23-8-10(5-16(23)24)17(25)20-15-7-14(21-22-15)9-1-2-9/h3-4,6-7,9-10H,1-2,5,8H2,(H2,20,21,22,25)/t10-/m1/s1. The Morgan fingerprint density at radius 3 is 2.88 bits per heavy atom. The maximum absolute atomic E-state index is 13.3. The van der Waals surface area contributed by atoms with Crippen molar-refractivity contribution in [3.05, 3.63) is 40.8 Å². The molecule has 0 radical (unpaired) electrons. The van der Waals surface area contributed by atoms with Crippen molar-refractivity contribution in [1.29, 1.82) is 0 Å². The van der Waals surface area contributed by atoms with Crippen LogP contribution in [0.5, 0.6) is 0 Å². The lowest BCUT2D eigenvalue weighted by Gasteiger charge is -2.17. The van der Waals surface area contributed by atoms with Crippen molar-refractivity contribution < 1.29 is 14.0 Å². The minimum absolute atomic E-state index is 0.0534. The van der Waals surface area contributed by atoms with Gasteiger partial charge < -0.3 is 10.2 Å². The lowest BCUT2D eigenvalue weighted by Crippen LogP contribution is -2.28. The maximum Gasteiger partial charge on any atom is 0.231 e. The van der Waals surface area contributed by atoms with E-state index in [9.17, 15) is 14.0 Å². The van der Waals surface area contributed by atoms with Crippen molar-refractivity contribution in [2.45, 2.75) is 25.2 Å². The summed E-state index contributed by atoms with van der Waals surface area (Å²) >= 11 is 5.78. The fraction of sp³-hybridized carbons (Fsp3) is 0.353. The topological polar surface area (TPSA) is 78.1 Å². The van der Waals surface area contributed by atoms with E-state index in [0.717, 1.165) is 18.5 Å². The van der Waals surface area contributed by atoms with Gasteiger partial charge >= 0.3 is 0 Å². The molecule has 1 atom stereocenters. The highest BCUT2D eigenvalue weighted by Crippen LogP contribution is 2.39. The number of nitrogens with one attached hydrogen (secondary N) is 2. The van der Waals surface area contributed by atoms with Crippen LogP contribution in [0.3, 0.4) is 0 Å². The molecule has 1 saturated carbocycles. The summed E-state index contributed by atoms with van der Waals surface area (Å²) in [6.07, 6.45) is 2.38. The van der Waals surface area contributed by atoms with Gasteiger partial charge in [0.05, 0.1) is 10.9 Å². The molecule has 1 aromatic carbocycles. The summed E-state index contributed by atoms with van der Waals surface area (Å²) < 4.78 is 13.3. The molecule has 1 aliphatic carbocycles. The lowest BCUT2D eigenvalue weighted by molar-refractivity contribution is -0.122. The minimum atomic E-state index is -0.545. The molecule has 0 spiro atoms. The molecular weight excluding hydrogens is 347 g/mol. The highest BCUT2D eigenvalue weighted by molar-refractivity contribution is 6.31. The Morgan fingerprint density at radius 1 is 1.36 bits per heavy atom. The van der Waals surface area contributed by atoms with Crippen LogP contribution in [0.15, 0.2) is 24.3 Å². The molecule has 2 heterocycles. The molecule has 6 nitrogen and oxygen atoms in total. The van der Waals surface area contributed by atoms with Gasteiger partial charge in [-0.3, -0.25) is 14.7 Å². The Bertz CT molecular complexity index is 849. The summed E-state index contributed by atoms with van der Waals surface area (Å²) in [5.74, 6) is -0.484. The van der Waals surface area contributed by atoms with Gasteiger partial charge in [-0.15, -0.1) is 0 Å². The van der Waals surface area contributed by atoms with Gasteiger partial charge in [0.15, 0.2) is 5.82 Å². The molecule has 0 bridgehead atoms. The molecule has 2 aliphatic rings. The van der Waals surface area contributed by atoms with Crippen molar-refractivity contribution in [2.75, 3.05) is 16.8 Å². The normalized spacial score (nSPS) is 20.2. The van der Waals surface area contributed by atoms with Crippen LogP contribution in [0.1, 0.15) is 30.9 Å². The van der Waals surface area contributed by atoms with E-state index in [-0.39, 0.29) is 29.8 Å². The van der Waals surface area contributed by atoms with E-state index in [1.807, 2.05) is 6.07 Å². The first kappa shape index (κ1) is 16.1. The van der Waals surface area contributed by atoms with Gasteiger partial charge in [-0.25, -0.2) is 4.39 Å². The van der Waals surface area contributed by atoms with E-state index in [2.05, 4.69) is 15.5 Å². The fourth-order valence-electron chi connectivity index (χ4n) is 3.02. The van der Waals surface area contributed by atoms with E-state index < -0.39 is 11.7 Å². The highest BCUT2D eigenvalue weighted by atomic mass is 35.5. The molecule has 0 unspecified atom stereocenters. The number of anilines is 2. The van der Waals surface area contributed by atoms with Crippen LogP contribution in [0.2, 0.25) is 5.02 Å². The molecule has 1 aromatic heterocycles. The number of aromatic nitrogens is 2. The van der Waals surface area contributed by atoms with E-state index in [1.54, 1.807) is 0 Å². The van der Waals surface area contributed by atoms with E-state index in [1.165, 1.54) is 23.1 Å². The predicted octanol–water partition coefficient (Wildman–Crippen LogP) is 3.07. The smallest absolute Gasteiger partial charge is 0.231 e. The van der Waals surface area contributed by atoms with Crippen LogP contribution in [0.4, 0.5) is 15.9 Å². The molecule has 130 valence electrons. The molecule has 1 aliphatic heterocycles. The summed E-state index contributed by atoms with van der Waals surface area (Å²) in [7, 11) is 0. The zero-order chi connectivity index (χ0) is 17.6. The van der Waals surface area contributed by atoms with Crippen molar-refractivity contribution in [3.63, 3.8) is 0 Å². The Kier molecular flexibility index (Phi) is 3.95. The van der Waals surface area contributed by atoms with Gasteiger partial charge in [-0.2, -0.15) is 5.10 Å². The number of carbonyl (C=O) groups is 2. The Morgan fingerprint density at radius 2 is 2.16 bits per heavy atom. The molecule has 8 heteroatoms. The molecule has 25 heavy (non-hydrogen) atoms. The third-order valence-corrected chi connectivity index (χ3v) is 4.87. The molecule has 2 aromatic rings. The predicted molar refractivity (Wildman–Crippen MR) is 91.1 cm³/mol. The summed E-state index contributed by atoms with van der Waals surface area (Å²) in [6.45, 7) is 0.229. The number of rotatable bonds is 4. The van der Waals surface area contributed by atoms with Crippen molar-refractivity contribution >= 4 is 34.9 Å². The number of benzene rings is 1. The monoisotopic (exact) mass is 362 g/mol. The molecule has 2 N–H and O–H groups in total. The van der Waals surface area contributed by atoms with Gasteiger partial charge in [0.1, 0.15) is 5.82 Å². The quantitative estimate of drug-likeness (QED) is 0.877. The van der Waals surface area contributed by atoms with Gasteiger partial charge in [-0.05, 0) is 31.0 Å². The van der Waals surface area contributed by atoms with E-state index >= 15 is 0 Å². The number of halogens is 2. The second kappa shape index (κ2) is 6.15. The van der Waals surface area contributed by atoms with Gasteiger partial charge in [-0.1, -0.05) is 11.6 Å². The number of amides is 2. The van der Waals surface area contributed by atoms with Gasteiger partial charge in [0.25, 0.3) is 0 Å². The van der Waals surface area contributed by atoms with Crippen LogP contribution in [-0.2, 0) is 9.59 Å². The number of H-pyrrole nitrogens is 1. The van der Waals surface area contributed by atoms with E-state index in [4.69, 9.17) is 11.6 Å². The third-order valence-electron chi connectivity index (χ3n) is 4.58. The van der Waals surface area contributed by atoms with E-state index in [0.29, 0.717) is 17.4 Å². The van der Waals surface area contributed by atoms with Gasteiger partial charge in [0.2, 0.25) is 11.8 Å². The SMILES string of the molecule is O=C(Nc1cc(C2CC2)[nH]n1)[C@@H]1CC(=O)N(c2ccc(F)c(Cl)c2)C1. The van der Waals surface area contributed by atoms with Crippen LogP contribution in [0, 0.1) is 11.7 Å². The number of carbonyl (C=O) groups excluding carboxylic acids is 2. The zero-order valence-corrected chi connectivity index (χ0v) is 14.0. The number of aromatic amines is 1. The third kappa shape index (κ3) is 3.24. The highest BCUT2D eigenvalue weighted by Gasteiger charge is 2.35. The lowest BCUT2D eigenvalue weighted by atomic mass is 10.1. The largest absolute Gasteiger partial charge is 0.312 e. The number of nitrogens with zero attached hydrogens (tertiary/aromatic N) is 2. The van der Waals surface area contributed by atoms with Crippen molar-refractivity contribution in [2.24, 2.45) is 5.92 Å². The molecule has 1 saturated heterocycles. The fourth-order valence-corrected chi connectivity index (χ4v) is 3.19. The molecule has 4 rings (SSSR count).